The molecule has 6 heteroatoms. The molecule has 0 spiro atoms. The molecule has 3 aromatic rings. The molecule has 4 rings (SSSR count). The van der Waals surface area contributed by atoms with Gasteiger partial charge in [-0.05, 0) is 61.8 Å². The number of aromatic nitrogens is 1. The summed E-state index contributed by atoms with van der Waals surface area (Å²) in [5.74, 6) is 0. The van der Waals surface area contributed by atoms with Gasteiger partial charge in [-0.1, -0.05) is 36.4 Å². The first-order valence-corrected chi connectivity index (χ1v) is 10.6. The van der Waals surface area contributed by atoms with E-state index in [0.29, 0.717) is 11.7 Å². The highest BCUT2D eigenvalue weighted by Gasteiger charge is 2.21. The predicted octanol–water partition coefficient (Wildman–Crippen LogP) is 3.56. The van der Waals surface area contributed by atoms with Crippen molar-refractivity contribution in [2.75, 3.05) is 18.4 Å². The molecule has 0 bridgehead atoms. The van der Waals surface area contributed by atoms with Gasteiger partial charge in [0, 0.05) is 17.9 Å². The van der Waals surface area contributed by atoms with Gasteiger partial charge in [-0.15, -0.1) is 0 Å². The molecule has 27 heavy (non-hydrogen) atoms. The lowest BCUT2D eigenvalue weighted by Gasteiger charge is -2.25. The predicted molar refractivity (Wildman–Crippen MR) is 108 cm³/mol. The van der Waals surface area contributed by atoms with Gasteiger partial charge in [0.2, 0.25) is 0 Å². The number of anilines is 1. The number of hydrogen-bond acceptors (Lipinski definition) is 4. The molecule has 1 aliphatic rings. The number of hydrogen-bond donors (Lipinski definition) is 2. The normalized spacial score (nSPS) is 15.6. The molecule has 0 atom stereocenters. The summed E-state index contributed by atoms with van der Waals surface area (Å²) < 4.78 is 27.9. The van der Waals surface area contributed by atoms with Gasteiger partial charge < -0.3 is 10.6 Å². The van der Waals surface area contributed by atoms with Gasteiger partial charge in [-0.25, -0.2) is 12.4 Å². The highest BCUT2D eigenvalue weighted by Crippen LogP contribution is 2.26. The van der Waals surface area contributed by atoms with E-state index < -0.39 is 10.0 Å². The van der Waals surface area contributed by atoms with Gasteiger partial charge in [-0.3, -0.25) is 0 Å². The molecule has 0 unspecified atom stereocenters. The van der Waals surface area contributed by atoms with Crippen molar-refractivity contribution in [1.29, 1.82) is 0 Å². The number of benzene rings is 2. The van der Waals surface area contributed by atoms with Gasteiger partial charge >= 0.3 is 0 Å². The largest absolute Gasteiger partial charge is 0.382 e. The Morgan fingerprint density at radius 3 is 2.48 bits per heavy atom. The van der Waals surface area contributed by atoms with E-state index in [0.717, 1.165) is 37.2 Å². The monoisotopic (exact) mass is 381 g/mol. The van der Waals surface area contributed by atoms with Crippen LogP contribution in [0.5, 0.6) is 0 Å². The van der Waals surface area contributed by atoms with Crippen molar-refractivity contribution in [3.63, 3.8) is 0 Å². The summed E-state index contributed by atoms with van der Waals surface area (Å²) in [5.41, 5.74) is 2.37. The Labute approximate surface area is 160 Å². The molecule has 1 saturated heterocycles. The fourth-order valence-electron chi connectivity index (χ4n) is 3.47. The second-order valence-electron chi connectivity index (χ2n) is 6.76. The highest BCUT2D eigenvalue weighted by molar-refractivity contribution is 7.90. The van der Waals surface area contributed by atoms with Crippen LogP contribution in [-0.2, 0) is 10.0 Å². The molecule has 0 amide bonds. The van der Waals surface area contributed by atoms with Crippen molar-refractivity contribution in [2.45, 2.75) is 23.8 Å². The minimum atomic E-state index is -3.67. The van der Waals surface area contributed by atoms with E-state index in [9.17, 15) is 8.42 Å². The lowest BCUT2D eigenvalue weighted by molar-refractivity contribution is 0.479. The maximum absolute atomic E-state index is 13.3. The summed E-state index contributed by atoms with van der Waals surface area (Å²) in [6.45, 7) is 1.97. The number of nitrogens with one attached hydrogen (secondary N) is 2. The molecule has 2 heterocycles. The van der Waals surface area contributed by atoms with Crippen LogP contribution >= 0.6 is 0 Å². The first-order valence-electron chi connectivity index (χ1n) is 9.20. The lowest BCUT2D eigenvalue weighted by atomic mass is 10.1. The summed E-state index contributed by atoms with van der Waals surface area (Å²) in [6.07, 6.45) is 3.67. The molecule has 2 aromatic carbocycles. The maximum atomic E-state index is 13.3. The average Bonchev–Trinajstić information content (AvgIpc) is 3.21. The summed E-state index contributed by atoms with van der Waals surface area (Å²) >= 11 is 0. The van der Waals surface area contributed by atoms with Crippen LogP contribution in [0.15, 0.2) is 77.8 Å². The number of rotatable bonds is 5. The molecule has 2 N–H and O–H groups in total. The van der Waals surface area contributed by atoms with Gasteiger partial charge in [-0.2, -0.15) is 0 Å². The molecular formula is C21H23N3O2S. The van der Waals surface area contributed by atoms with Crippen molar-refractivity contribution >= 4 is 15.7 Å². The third-order valence-electron chi connectivity index (χ3n) is 4.88. The van der Waals surface area contributed by atoms with Crippen LogP contribution < -0.4 is 10.6 Å². The van der Waals surface area contributed by atoms with Crippen molar-refractivity contribution in [2.24, 2.45) is 0 Å². The van der Waals surface area contributed by atoms with E-state index in [1.807, 2.05) is 42.5 Å². The van der Waals surface area contributed by atoms with Crippen LogP contribution in [-0.4, -0.2) is 31.5 Å². The average molecular weight is 382 g/mol. The Hall–Kier alpha value is -2.57. The Morgan fingerprint density at radius 1 is 0.926 bits per heavy atom. The Balaban J connectivity index is 1.65. The van der Waals surface area contributed by atoms with E-state index in [-0.39, 0.29) is 4.90 Å². The van der Waals surface area contributed by atoms with Crippen molar-refractivity contribution in [3.8, 4) is 11.3 Å². The smallest absolute Gasteiger partial charge is 0.268 e. The lowest BCUT2D eigenvalue weighted by Crippen LogP contribution is -2.35. The molecule has 0 saturated carbocycles. The van der Waals surface area contributed by atoms with Crippen LogP contribution in [0.4, 0.5) is 5.69 Å². The summed E-state index contributed by atoms with van der Waals surface area (Å²) in [6, 6.07) is 20.6. The van der Waals surface area contributed by atoms with Gasteiger partial charge in [0.25, 0.3) is 10.0 Å². The zero-order valence-corrected chi connectivity index (χ0v) is 15.8. The Morgan fingerprint density at radius 2 is 1.70 bits per heavy atom. The first kappa shape index (κ1) is 17.8. The van der Waals surface area contributed by atoms with E-state index in [2.05, 4.69) is 10.6 Å². The summed E-state index contributed by atoms with van der Waals surface area (Å²) in [5, 5.41) is 6.81. The second-order valence-corrected chi connectivity index (χ2v) is 8.57. The van der Waals surface area contributed by atoms with E-state index in [4.69, 9.17) is 0 Å². The van der Waals surface area contributed by atoms with Crippen LogP contribution in [0.2, 0.25) is 0 Å². The second kappa shape index (κ2) is 7.58. The molecule has 1 aliphatic heterocycles. The zero-order chi connectivity index (χ0) is 18.7. The van der Waals surface area contributed by atoms with E-state index >= 15 is 0 Å². The third-order valence-corrected chi connectivity index (χ3v) is 6.57. The first-order chi connectivity index (χ1) is 13.1. The van der Waals surface area contributed by atoms with E-state index in [1.165, 1.54) is 3.97 Å². The van der Waals surface area contributed by atoms with Gasteiger partial charge in [0.15, 0.2) is 0 Å². The minimum Gasteiger partial charge on any atom is -0.382 e. The molecule has 140 valence electrons. The Bertz CT molecular complexity index is 1010. The standard InChI is InChI=1S/C21H23N3O2S/c25-27(26,24-15-5-10-21(24)17-6-2-1-3-7-17)20-9-4-8-19(16-20)23-18-11-13-22-14-12-18/h1-10,15-16,18,22-23H,11-14H2. The Kier molecular flexibility index (Phi) is 5.01. The van der Waals surface area contributed by atoms with E-state index in [1.54, 1.807) is 30.5 Å². The molecule has 5 nitrogen and oxygen atoms in total. The summed E-state index contributed by atoms with van der Waals surface area (Å²) in [7, 11) is -3.67. The topological polar surface area (TPSA) is 63.1 Å². The van der Waals surface area contributed by atoms with Crippen LogP contribution in [0.1, 0.15) is 12.8 Å². The van der Waals surface area contributed by atoms with Crippen LogP contribution in [0.25, 0.3) is 11.3 Å². The fourth-order valence-corrected chi connectivity index (χ4v) is 4.88. The van der Waals surface area contributed by atoms with Gasteiger partial charge in [0.05, 0.1) is 10.6 Å². The molecule has 0 aliphatic carbocycles. The van der Waals surface area contributed by atoms with Crippen molar-refractivity contribution in [3.05, 3.63) is 72.9 Å². The molecule has 1 fully saturated rings. The molecular weight excluding hydrogens is 358 g/mol. The highest BCUT2D eigenvalue weighted by atomic mass is 32.2. The van der Waals surface area contributed by atoms with Crippen LogP contribution in [0, 0.1) is 0 Å². The fraction of sp³-hybridized carbons (Fsp3) is 0.238. The number of piperidine rings is 1. The number of nitrogens with zero attached hydrogens (tertiary/aromatic N) is 1. The SMILES string of the molecule is O=S(=O)(c1cccc(NC2CCNCC2)c1)n1cccc1-c1ccccc1. The molecule has 0 radical (unpaired) electrons. The zero-order valence-electron chi connectivity index (χ0n) is 15.0. The van der Waals surface area contributed by atoms with Crippen LogP contribution in [0.3, 0.4) is 0 Å². The van der Waals surface area contributed by atoms with Crippen molar-refractivity contribution in [1.82, 2.24) is 9.29 Å². The maximum Gasteiger partial charge on any atom is 0.268 e. The summed E-state index contributed by atoms with van der Waals surface area (Å²) in [4.78, 5) is 0.287. The molecule has 1 aromatic heterocycles. The minimum absolute atomic E-state index is 0.287. The third kappa shape index (κ3) is 3.77. The van der Waals surface area contributed by atoms with Gasteiger partial charge in [0.1, 0.15) is 0 Å². The quantitative estimate of drug-likeness (QED) is 0.709. The van der Waals surface area contributed by atoms with Crippen molar-refractivity contribution < 1.29 is 8.42 Å².